The van der Waals surface area contributed by atoms with E-state index in [1.54, 1.807) is 12.1 Å². The molecule has 3 unspecified atom stereocenters. The second-order valence-electron chi connectivity index (χ2n) is 5.30. The summed E-state index contributed by atoms with van der Waals surface area (Å²) < 4.78 is 40.5. The Morgan fingerprint density at radius 3 is 2.43 bits per heavy atom. The van der Waals surface area contributed by atoms with E-state index >= 15 is 0 Å². The smallest absolute Gasteiger partial charge is 0.128 e. The van der Waals surface area contributed by atoms with Crippen LogP contribution in [0.5, 0.6) is 0 Å². The van der Waals surface area contributed by atoms with Crippen LogP contribution in [0, 0.1) is 11.6 Å². The molecule has 3 rings (SSSR count). The molecule has 1 aliphatic rings. The van der Waals surface area contributed by atoms with Gasteiger partial charge in [-0.25, -0.2) is 8.78 Å². The van der Waals surface area contributed by atoms with Gasteiger partial charge in [0.25, 0.3) is 0 Å². The van der Waals surface area contributed by atoms with Crippen LogP contribution in [0.1, 0.15) is 22.4 Å². The SMILES string of the molecule is NC1=NC(c2cc(N)ccc2F)CS(=O)C1c1ccccc1F. The summed E-state index contributed by atoms with van der Waals surface area (Å²) in [4.78, 5) is 4.24. The monoisotopic (exact) mass is 335 g/mol. The maximum Gasteiger partial charge on any atom is 0.128 e. The Hall–Kier alpha value is -2.28. The molecule has 0 saturated carbocycles. The highest BCUT2D eigenvalue weighted by Crippen LogP contribution is 2.34. The first-order valence-electron chi connectivity index (χ1n) is 6.97. The third-order valence-electron chi connectivity index (χ3n) is 3.73. The number of rotatable bonds is 2. The van der Waals surface area contributed by atoms with Gasteiger partial charge in [0.2, 0.25) is 0 Å². The predicted octanol–water partition coefficient (Wildman–Crippen LogP) is 2.45. The Morgan fingerprint density at radius 1 is 1.04 bits per heavy atom. The highest BCUT2D eigenvalue weighted by molar-refractivity contribution is 7.86. The molecular weight excluding hydrogens is 320 g/mol. The third kappa shape index (κ3) is 2.96. The average Bonchev–Trinajstić information content (AvgIpc) is 2.51. The van der Waals surface area contributed by atoms with Gasteiger partial charge in [0, 0.05) is 27.6 Å². The molecule has 1 aliphatic heterocycles. The van der Waals surface area contributed by atoms with Crippen molar-refractivity contribution in [3.63, 3.8) is 0 Å². The van der Waals surface area contributed by atoms with Crippen LogP contribution in [0.15, 0.2) is 47.5 Å². The number of amidine groups is 1. The molecule has 0 amide bonds. The molecule has 0 aliphatic carbocycles. The molecule has 0 aromatic heterocycles. The first kappa shape index (κ1) is 15.6. The van der Waals surface area contributed by atoms with E-state index in [1.807, 2.05) is 0 Å². The second-order valence-corrected chi connectivity index (χ2v) is 6.87. The van der Waals surface area contributed by atoms with Crippen LogP contribution in [0.3, 0.4) is 0 Å². The first-order chi connectivity index (χ1) is 11.0. The molecule has 2 aromatic carbocycles. The molecule has 4 nitrogen and oxygen atoms in total. The fraction of sp³-hybridized carbons (Fsp3) is 0.188. The molecule has 7 heteroatoms. The predicted molar refractivity (Wildman–Crippen MR) is 87.3 cm³/mol. The fourth-order valence-corrected chi connectivity index (χ4v) is 4.20. The lowest BCUT2D eigenvalue weighted by molar-refractivity contribution is 0.588. The zero-order valence-corrected chi connectivity index (χ0v) is 12.9. The minimum Gasteiger partial charge on any atom is -0.399 e. The molecule has 3 atom stereocenters. The average molecular weight is 335 g/mol. The lowest BCUT2D eigenvalue weighted by Crippen LogP contribution is -2.34. The summed E-state index contributed by atoms with van der Waals surface area (Å²) in [5.41, 5.74) is 12.5. The van der Waals surface area contributed by atoms with Gasteiger partial charge in [-0.2, -0.15) is 0 Å². The van der Waals surface area contributed by atoms with Gasteiger partial charge in [0.1, 0.15) is 22.7 Å². The largest absolute Gasteiger partial charge is 0.399 e. The molecule has 0 bridgehead atoms. The van der Waals surface area contributed by atoms with Crippen LogP contribution >= 0.6 is 0 Å². The fourth-order valence-electron chi connectivity index (χ4n) is 2.64. The van der Waals surface area contributed by atoms with Gasteiger partial charge in [-0.1, -0.05) is 18.2 Å². The van der Waals surface area contributed by atoms with Crippen molar-refractivity contribution in [2.75, 3.05) is 11.5 Å². The highest BCUT2D eigenvalue weighted by atomic mass is 32.2. The van der Waals surface area contributed by atoms with Crippen LogP contribution < -0.4 is 11.5 Å². The summed E-state index contributed by atoms with van der Waals surface area (Å²) in [5, 5.41) is -0.823. The van der Waals surface area contributed by atoms with E-state index in [1.165, 1.54) is 30.3 Å². The van der Waals surface area contributed by atoms with Crippen LogP contribution in [-0.4, -0.2) is 15.8 Å². The van der Waals surface area contributed by atoms with Gasteiger partial charge in [0.05, 0.1) is 11.8 Å². The van der Waals surface area contributed by atoms with Gasteiger partial charge in [-0.05, 0) is 24.3 Å². The Balaban J connectivity index is 2.00. The van der Waals surface area contributed by atoms with Gasteiger partial charge < -0.3 is 11.5 Å². The summed E-state index contributed by atoms with van der Waals surface area (Å²) in [5.74, 6) is -0.883. The molecule has 0 fully saturated rings. The quantitative estimate of drug-likeness (QED) is 0.827. The summed E-state index contributed by atoms with van der Waals surface area (Å²) in [6, 6.07) is 9.44. The second kappa shape index (κ2) is 6.08. The van der Waals surface area contributed by atoms with E-state index < -0.39 is 33.7 Å². The summed E-state index contributed by atoms with van der Waals surface area (Å²) in [7, 11) is -1.52. The van der Waals surface area contributed by atoms with Gasteiger partial charge >= 0.3 is 0 Å². The number of hydrogen-bond donors (Lipinski definition) is 2. The van der Waals surface area contributed by atoms with E-state index in [2.05, 4.69) is 4.99 Å². The zero-order valence-electron chi connectivity index (χ0n) is 12.1. The number of nitrogen functional groups attached to an aromatic ring is 1. The van der Waals surface area contributed by atoms with Gasteiger partial charge in [-0.15, -0.1) is 0 Å². The number of hydrogen-bond acceptors (Lipinski definition) is 4. The maximum atomic E-state index is 14.0. The van der Waals surface area contributed by atoms with Crippen molar-refractivity contribution in [1.29, 1.82) is 0 Å². The lowest BCUT2D eigenvalue weighted by Gasteiger charge is -2.26. The van der Waals surface area contributed by atoms with E-state index in [9.17, 15) is 13.0 Å². The van der Waals surface area contributed by atoms with Crippen molar-refractivity contribution >= 4 is 22.3 Å². The van der Waals surface area contributed by atoms with Crippen molar-refractivity contribution in [1.82, 2.24) is 0 Å². The van der Waals surface area contributed by atoms with Crippen molar-refractivity contribution in [2.24, 2.45) is 10.7 Å². The Bertz CT molecular complexity index is 810. The van der Waals surface area contributed by atoms with Crippen LogP contribution in [0.25, 0.3) is 0 Å². The minimum atomic E-state index is -1.52. The Morgan fingerprint density at radius 2 is 1.74 bits per heavy atom. The normalized spacial score (nSPS) is 24.3. The van der Waals surface area contributed by atoms with E-state index in [0.717, 1.165) is 0 Å². The van der Waals surface area contributed by atoms with E-state index in [-0.39, 0.29) is 22.7 Å². The van der Waals surface area contributed by atoms with Crippen LogP contribution in [0.2, 0.25) is 0 Å². The highest BCUT2D eigenvalue weighted by Gasteiger charge is 2.33. The molecule has 0 saturated heterocycles. The molecule has 23 heavy (non-hydrogen) atoms. The molecular formula is C16H15F2N3OS. The molecule has 1 heterocycles. The number of nitrogens with two attached hydrogens (primary N) is 2. The first-order valence-corrected chi connectivity index (χ1v) is 8.35. The van der Waals surface area contributed by atoms with E-state index in [0.29, 0.717) is 5.69 Å². The number of halogens is 2. The minimum absolute atomic E-state index is 0.0338. The zero-order chi connectivity index (χ0) is 16.6. The van der Waals surface area contributed by atoms with E-state index in [4.69, 9.17) is 11.5 Å². The lowest BCUT2D eigenvalue weighted by atomic mass is 10.1. The Kier molecular flexibility index (Phi) is 4.12. The number of nitrogens with zero attached hydrogens (tertiary/aromatic N) is 1. The van der Waals surface area contributed by atoms with Crippen molar-refractivity contribution in [2.45, 2.75) is 11.3 Å². The Labute approximate surface area is 134 Å². The van der Waals surface area contributed by atoms with Crippen molar-refractivity contribution in [3.8, 4) is 0 Å². The van der Waals surface area contributed by atoms with Crippen LogP contribution in [0.4, 0.5) is 14.5 Å². The topological polar surface area (TPSA) is 81.5 Å². The third-order valence-corrected chi connectivity index (χ3v) is 5.39. The van der Waals surface area contributed by atoms with Gasteiger partial charge in [-0.3, -0.25) is 9.20 Å². The van der Waals surface area contributed by atoms with Gasteiger partial charge in [0.15, 0.2) is 0 Å². The molecule has 4 N–H and O–H groups in total. The number of anilines is 1. The number of aliphatic imine (C=N–C) groups is 1. The summed E-state index contributed by atoms with van der Waals surface area (Å²) in [6.45, 7) is 0. The standard InChI is InChI=1S/C16H15F2N3OS/c17-12-4-2-1-3-10(12)15-16(20)21-14(8-23(15)22)11-7-9(19)5-6-13(11)18/h1-7,14-15H,8,19H2,(H2,20,21). The maximum absolute atomic E-state index is 14.0. The van der Waals surface area contributed by atoms with Crippen molar-refractivity contribution in [3.05, 3.63) is 65.2 Å². The van der Waals surface area contributed by atoms with Crippen LogP contribution in [-0.2, 0) is 10.8 Å². The van der Waals surface area contributed by atoms with Crippen molar-refractivity contribution < 1.29 is 13.0 Å². The number of benzene rings is 2. The summed E-state index contributed by atoms with van der Waals surface area (Å²) >= 11 is 0. The molecule has 120 valence electrons. The summed E-state index contributed by atoms with van der Waals surface area (Å²) in [6.07, 6.45) is 0. The molecule has 0 radical (unpaired) electrons. The molecule has 0 spiro atoms. The molecule has 2 aromatic rings.